The number of anilines is 1. The summed E-state index contributed by atoms with van der Waals surface area (Å²) in [5, 5.41) is 5.01. The summed E-state index contributed by atoms with van der Waals surface area (Å²) in [4.78, 5) is 31.2. The summed E-state index contributed by atoms with van der Waals surface area (Å²) in [5.41, 5.74) is 4.56. The fourth-order valence-electron chi connectivity index (χ4n) is 5.77. The Morgan fingerprint density at radius 3 is 2.46 bits per heavy atom. The Morgan fingerprint density at radius 2 is 1.76 bits per heavy atom. The number of aryl methyl sites for hydroxylation is 1. The van der Waals surface area contributed by atoms with Gasteiger partial charge in [0, 0.05) is 24.1 Å². The van der Waals surface area contributed by atoms with Gasteiger partial charge in [0.2, 0.25) is 18.6 Å². The molecule has 41 heavy (non-hydrogen) atoms. The van der Waals surface area contributed by atoms with E-state index in [9.17, 15) is 9.59 Å². The lowest BCUT2D eigenvalue weighted by molar-refractivity contribution is -0.132. The van der Waals surface area contributed by atoms with Gasteiger partial charge in [0.15, 0.2) is 11.5 Å². The minimum Gasteiger partial charge on any atom is -0.454 e. The Hall–Kier alpha value is -3.46. The van der Waals surface area contributed by atoms with Gasteiger partial charge in [-0.1, -0.05) is 51.5 Å². The van der Waals surface area contributed by atoms with Crippen LogP contribution in [0.2, 0.25) is 0 Å². The second kappa shape index (κ2) is 10.7. The van der Waals surface area contributed by atoms with Crippen molar-refractivity contribution in [3.05, 3.63) is 64.8 Å². The van der Waals surface area contributed by atoms with Gasteiger partial charge in [-0.25, -0.2) is 4.68 Å². The van der Waals surface area contributed by atoms with E-state index in [1.165, 1.54) is 0 Å². The third kappa shape index (κ3) is 5.32. The molecule has 216 valence electrons. The van der Waals surface area contributed by atoms with E-state index in [0.29, 0.717) is 17.5 Å². The number of carbonyl (C=O) groups is 2. The van der Waals surface area contributed by atoms with Gasteiger partial charge in [-0.15, -0.1) is 11.8 Å². The SMILES string of the molecule is Cc1ccc(-n2nc(C(C)(C)C)c3c2N(CC(=O)N2CCC(C)CC2)C(=O)CSC3c2ccc3c(c2)OCO3)cc1. The molecule has 3 aromatic rings. The average molecular weight is 575 g/mol. The Morgan fingerprint density at radius 1 is 1.05 bits per heavy atom. The van der Waals surface area contributed by atoms with Gasteiger partial charge in [0.05, 0.1) is 22.4 Å². The number of nitrogens with zero attached hydrogens (tertiary/aromatic N) is 4. The molecule has 4 heterocycles. The predicted octanol–water partition coefficient (Wildman–Crippen LogP) is 5.63. The first-order valence-corrected chi connectivity index (χ1v) is 15.4. The van der Waals surface area contributed by atoms with Gasteiger partial charge in [-0.2, -0.15) is 5.10 Å². The summed E-state index contributed by atoms with van der Waals surface area (Å²) >= 11 is 1.58. The molecular formula is C32H38N4O4S. The second-order valence-electron chi connectivity index (χ2n) is 12.4. The van der Waals surface area contributed by atoms with Crippen LogP contribution >= 0.6 is 11.8 Å². The van der Waals surface area contributed by atoms with Gasteiger partial charge in [0.25, 0.3) is 0 Å². The van der Waals surface area contributed by atoms with Crippen LogP contribution in [0.15, 0.2) is 42.5 Å². The van der Waals surface area contributed by atoms with Crippen LogP contribution in [0.3, 0.4) is 0 Å². The number of piperidine rings is 1. The number of amides is 2. The quantitative estimate of drug-likeness (QED) is 0.402. The second-order valence-corrected chi connectivity index (χ2v) is 13.5. The highest BCUT2D eigenvalue weighted by atomic mass is 32.2. The first-order chi connectivity index (χ1) is 19.6. The predicted molar refractivity (Wildman–Crippen MR) is 161 cm³/mol. The van der Waals surface area contributed by atoms with E-state index in [-0.39, 0.29) is 41.6 Å². The fraction of sp³-hybridized carbons (Fsp3) is 0.469. The molecule has 1 aromatic heterocycles. The first-order valence-electron chi connectivity index (χ1n) is 14.4. The highest BCUT2D eigenvalue weighted by Gasteiger charge is 2.40. The summed E-state index contributed by atoms with van der Waals surface area (Å²) in [6.07, 6.45) is 1.98. The molecule has 1 fully saturated rings. The number of rotatable bonds is 4. The maximum absolute atomic E-state index is 14.0. The van der Waals surface area contributed by atoms with Gasteiger partial charge in [0.1, 0.15) is 12.4 Å². The number of ether oxygens (including phenoxy) is 2. The van der Waals surface area contributed by atoms with E-state index in [1.807, 2.05) is 59.0 Å². The number of benzene rings is 2. The van der Waals surface area contributed by atoms with Crippen LogP contribution in [0, 0.1) is 12.8 Å². The number of carbonyl (C=O) groups excluding carboxylic acids is 2. The van der Waals surface area contributed by atoms with Gasteiger partial charge in [-0.3, -0.25) is 14.5 Å². The molecule has 8 nitrogen and oxygen atoms in total. The lowest BCUT2D eigenvalue weighted by Crippen LogP contribution is -2.46. The molecule has 0 aliphatic carbocycles. The Labute approximate surface area is 246 Å². The Balaban J connectivity index is 1.52. The van der Waals surface area contributed by atoms with E-state index in [1.54, 1.807) is 16.7 Å². The largest absolute Gasteiger partial charge is 0.454 e. The topological polar surface area (TPSA) is 76.9 Å². The molecule has 0 bridgehead atoms. The maximum Gasteiger partial charge on any atom is 0.242 e. The normalized spacial score (nSPS) is 19.3. The maximum atomic E-state index is 14.0. The van der Waals surface area contributed by atoms with Crippen LogP contribution in [-0.4, -0.2) is 58.7 Å². The van der Waals surface area contributed by atoms with Crippen LogP contribution in [-0.2, 0) is 15.0 Å². The zero-order valence-electron chi connectivity index (χ0n) is 24.5. The third-order valence-electron chi connectivity index (χ3n) is 8.21. The number of likely N-dealkylation sites (tertiary alicyclic amines) is 1. The molecule has 0 radical (unpaired) electrons. The number of thioether (sulfide) groups is 1. The smallest absolute Gasteiger partial charge is 0.242 e. The number of aromatic nitrogens is 2. The van der Waals surface area contributed by atoms with E-state index >= 15 is 0 Å². The summed E-state index contributed by atoms with van der Waals surface area (Å²) in [6, 6.07) is 14.1. The van der Waals surface area contributed by atoms with E-state index < -0.39 is 0 Å². The molecule has 0 spiro atoms. The molecule has 3 aliphatic heterocycles. The fourth-order valence-corrected chi connectivity index (χ4v) is 6.96. The summed E-state index contributed by atoms with van der Waals surface area (Å²) in [7, 11) is 0. The molecule has 1 unspecified atom stereocenters. The van der Waals surface area contributed by atoms with Gasteiger partial charge < -0.3 is 14.4 Å². The standard InChI is InChI=1S/C32H38N4O4S/c1-20-6-9-23(10-7-20)36-31-28(30(33-36)32(3,4)5)29(22-8-11-24-25(16-22)40-19-39-24)41-18-27(38)35(31)17-26(37)34-14-12-21(2)13-15-34/h6-11,16,21,29H,12-15,17-19H2,1-5H3. The summed E-state index contributed by atoms with van der Waals surface area (Å²) in [6.45, 7) is 12.4. The van der Waals surface area contributed by atoms with Crippen molar-refractivity contribution in [3.8, 4) is 17.2 Å². The molecule has 3 aliphatic rings. The minimum atomic E-state index is -0.318. The molecule has 9 heteroatoms. The first kappa shape index (κ1) is 27.7. The molecule has 1 saturated heterocycles. The minimum absolute atomic E-state index is 0.00420. The molecule has 0 saturated carbocycles. The van der Waals surface area contributed by atoms with Gasteiger partial charge >= 0.3 is 0 Å². The molecule has 2 aromatic carbocycles. The molecule has 0 N–H and O–H groups in total. The van der Waals surface area contributed by atoms with Crippen LogP contribution in [0.5, 0.6) is 11.5 Å². The summed E-state index contributed by atoms with van der Waals surface area (Å²) < 4.78 is 13.2. The van der Waals surface area contributed by atoms with E-state index in [0.717, 1.165) is 59.8 Å². The Bertz CT molecular complexity index is 1470. The van der Waals surface area contributed by atoms with Crippen molar-refractivity contribution in [3.63, 3.8) is 0 Å². The van der Waals surface area contributed by atoms with E-state index in [4.69, 9.17) is 14.6 Å². The molecule has 1 atom stereocenters. The number of hydrogen-bond donors (Lipinski definition) is 0. The number of fused-ring (bicyclic) bond motifs is 2. The van der Waals surface area contributed by atoms with Gasteiger partial charge in [-0.05, 0) is 55.5 Å². The van der Waals surface area contributed by atoms with Crippen LogP contribution in [0.25, 0.3) is 5.69 Å². The highest BCUT2D eigenvalue weighted by Crippen LogP contribution is 2.50. The molecular weight excluding hydrogens is 536 g/mol. The van der Waals surface area contributed by atoms with Crippen molar-refractivity contribution >= 4 is 29.4 Å². The zero-order chi connectivity index (χ0) is 28.9. The van der Waals surface area contributed by atoms with Crippen LogP contribution < -0.4 is 14.4 Å². The van der Waals surface area contributed by atoms with Crippen molar-refractivity contribution in [2.45, 2.75) is 58.1 Å². The number of hydrogen-bond acceptors (Lipinski definition) is 6. The summed E-state index contributed by atoms with van der Waals surface area (Å²) in [5.74, 6) is 2.85. The van der Waals surface area contributed by atoms with Crippen molar-refractivity contribution in [1.82, 2.24) is 14.7 Å². The zero-order valence-corrected chi connectivity index (χ0v) is 25.3. The molecule has 6 rings (SSSR count). The average Bonchev–Trinajstić information content (AvgIpc) is 3.54. The monoisotopic (exact) mass is 574 g/mol. The Kier molecular flexibility index (Phi) is 7.26. The van der Waals surface area contributed by atoms with Crippen molar-refractivity contribution in [2.75, 3.05) is 37.1 Å². The van der Waals surface area contributed by atoms with Crippen LogP contribution in [0.1, 0.15) is 68.2 Å². The molecule has 2 amide bonds. The third-order valence-corrected chi connectivity index (χ3v) is 9.46. The lowest BCUT2D eigenvalue weighted by Gasteiger charge is -2.32. The van der Waals surface area contributed by atoms with E-state index in [2.05, 4.69) is 27.7 Å². The lowest BCUT2D eigenvalue weighted by atomic mass is 9.87. The van der Waals surface area contributed by atoms with Crippen molar-refractivity contribution < 1.29 is 19.1 Å². The van der Waals surface area contributed by atoms with Crippen molar-refractivity contribution in [2.24, 2.45) is 5.92 Å². The van der Waals surface area contributed by atoms with Crippen LogP contribution in [0.4, 0.5) is 5.82 Å². The van der Waals surface area contributed by atoms with Crippen molar-refractivity contribution in [1.29, 1.82) is 0 Å². The highest BCUT2D eigenvalue weighted by molar-refractivity contribution is 8.00.